The first-order chi connectivity index (χ1) is 12.7. The Kier molecular flexibility index (Phi) is 5.07. The van der Waals surface area contributed by atoms with Crippen molar-refractivity contribution in [1.29, 1.82) is 0 Å². The van der Waals surface area contributed by atoms with Crippen LogP contribution < -0.4 is 5.32 Å². The molecular formula is C21H28N4O. The van der Waals surface area contributed by atoms with Gasteiger partial charge >= 0.3 is 0 Å². The number of imidazole rings is 1. The smallest absolute Gasteiger partial charge is 0.223 e. The molecule has 138 valence electrons. The van der Waals surface area contributed by atoms with Crippen LogP contribution in [0.3, 0.4) is 0 Å². The molecule has 1 N–H and O–H groups in total. The molecule has 0 saturated carbocycles. The molecule has 0 unspecified atom stereocenters. The molecule has 1 atom stereocenters. The maximum absolute atomic E-state index is 12.8. The van der Waals surface area contributed by atoms with Crippen LogP contribution in [0.5, 0.6) is 0 Å². The standard InChI is InChI=1S/C21H28N4O/c1-24-14-11-22-20(24)15-25-12-9-17(10-13-25)21(26)23-19-8-4-6-16-5-2-3-7-18(16)19/h2-3,5,7,11,14,17,19H,4,6,8-10,12-13,15H2,1H3,(H,23,26)/t19-/m1/s1. The lowest BCUT2D eigenvalue weighted by Crippen LogP contribution is -2.42. The van der Waals surface area contributed by atoms with Crippen LogP contribution in [0.25, 0.3) is 0 Å². The van der Waals surface area contributed by atoms with E-state index in [9.17, 15) is 4.79 Å². The monoisotopic (exact) mass is 352 g/mol. The summed E-state index contributed by atoms with van der Waals surface area (Å²) in [6, 6.07) is 8.75. The molecule has 1 aliphatic carbocycles. The van der Waals surface area contributed by atoms with Gasteiger partial charge in [0.15, 0.2) is 0 Å². The summed E-state index contributed by atoms with van der Waals surface area (Å²) >= 11 is 0. The van der Waals surface area contributed by atoms with Crippen molar-refractivity contribution in [1.82, 2.24) is 19.8 Å². The maximum atomic E-state index is 12.8. The Morgan fingerprint density at radius 2 is 2.04 bits per heavy atom. The number of likely N-dealkylation sites (tertiary alicyclic amines) is 1. The molecule has 1 aliphatic heterocycles. The Labute approximate surface area is 155 Å². The molecule has 5 heteroatoms. The van der Waals surface area contributed by atoms with Gasteiger partial charge in [-0.2, -0.15) is 0 Å². The highest BCUT2D eigenvalue weighted by Crippen LogP contribution is 2.30. The topological polar surface area (TPSA) is 50.2 Å². The Balaban J connectivity index is 1.31. The van der Waals surface area contributed by atoms with Crippen molar-refractivity contribution < 1.29 is 4.79 Å². The van der Waals surface area contributed by atoms with E-state index in [1.54, 1.807) is 0 Å². The van der Waals surface area contributed by atoms with Crippen molar-refractivity contribution in [2.75, 3.05) is 13.1 Å². The van der Waals surface area contributed by atoms with E-state index in [1.165, 1.54) is 11.1 Å². The van der Waals surface area contributed by atoms with Crippen LogP contribution >= 0.6 is 0 Å². The summed E-state index contributed by atoms with van der Waals surface area (Å²) in [4.78, 5) is 19.6. The Hall–Kier alpha value is -2.14. The van der Waals surface area contributed by atoms with Gasteiger partial charge in [0.25, 0.3) is 0 Å². The molecule has 5 nitrogen and oxygen atoms in total. The molecule has 4 rings (SSSR count). The third kappa shape index (κ3) is 3.68. The summed E-state index contributed by atoms with van der Waals surface area (Å²) in [6.45, 7) is 2.80. The van der Waals surface area contributed by atoms with Crippen molar-refractivity contribution in [3.8, 4) is 0 Å². The fourth-order valence-electron chi connectivity index (χ4n) is 4.30. The molecule has 1 amide bonds. The van der Waals surface area contributed by atoms with Crippen molar-refractivity contribution in [2.45, 2.75) is 44.7 Å². The molecule has 26 heavy (non-hydrogen) atoms. The number of fused-ring (bicyclic) bond motifs is 1. The second-order valence-corrected chi connectivity index (χ2v) is 7.66. The maximum Gasteiger partial charge on any atom is 0.223 e. The molecule has 1 fully saturated rings. The van der Waals surface area contributed by atoms with Crippen LogP contribution in [0.4, 0.5) is 0 Å². The van der Waals surface area contributed by atoms with Gasteiger partial charge < -0.3 is 9.88 Å². The zero-order valence-corrected chi connectivity index (χ0v) is 15.5. The number of rotatable bonds is 4. The van der Waals surface area contributed by atoms with Crippen LogP contribution in [0, 0.1) is 5.92 Å². The van der Waals surface area contributed by atoms with E-state index in [4.69, 9.17) is 0 Å². The lowest BCUT2D eigenvalue weighted by molar-refractivity contribution is -0.127. The predicted octanol–water partition coefficient (Wildman–Crippen LogP) is 2.83. The Morgan fingerprint density at radius 1 is 1.23 bits per heavy atom. The van der Waals surface area contributed by atoms with Crippen LogP contribution in [-0.2, 0) is 24.8 Å². The van der Waals surface area contributed by atoms with E-state index in [2.05, 4.69) is 44.0 Å². The molecule has 2 heterocycles. The van der Waals surface area contributed by atoms with Gasteiger partial charge in [-0.1, -0.05) is 24.3 Å². The quantitative estimate of drug-likeness (QED) is 0.920. The first-order valence-corrected chi connectivity index (χ1v) is 9.77. The van der Waals surface area contributed by atoms with E-state index in [0.29, 0.717) is 0 Å². The fourth-order valence-corrected chi connectivity index (χ4v) is 4.30. The fraction of sp³-hybridized carbons (Fsp3) is 0.524. The van der Waals surface area contributed by atoms with Crippen molar-refractivity contribution in [2.24, 2.45) is 13.0 Å². The number of nitrogens with one attached hydrogen (secondary N) is 1. The number of carbonyl (C=O) groups excluding carboxylic acids is 1. The minimum Gasteiger partial charge on any atom is -0.349 e. The molecule has 0 bridgehead atoms. The molecule has 1 saturated heterocycles. The van der Waals surface area contributed by atoms with Crippen molar-refractivity contribution in [3.05, 3.63) is 53.6 Å². The van der Waals surface area contributed by atoms with Crippen LogP contribution in [0.2, 0.25) is 0 Å². The summed E-state index contributed by atoms with van der Waals surface area (Å²) in [7, 11) is 2.03. The van der Waals surface area contributed by atoms with E-state index in [1.807, 2.05) is 19.4 Å². The van der Waals surface area contributed by atoms with Gasteiger partial charge in [-0.15, -0.1) is 0 Å². The number of benzene rings is 1. The Bertz CT molecular complexity index is 761. The highest BCUT2D eigenvalue weighted by Gasteiger charge is 2.28. The summed E-state index contributed by atoms with van der Waals surface area (Å²) in [5.74, 6) is 1.47. The third-order valence-corrected chi connectivity index (χ3v) is 5.93. The van der Waals surface area contributed by atoms with Gasteiger partial charge in [0.05, 0.1) is 12.6 Å². The predicted molar refractivity (Wildman–Crippen MR) is 101 cm³/mol. The average Bonchev–Trinajstić information content (AvgIpc) is 3.07. The second-order valence-electron chi connectivity index (χ2n) is 7.66. The van der Waals surface area contributed by atoms with Gasteiger partial charge in [0.2, 0.25) is 5.91 Å². The van der Waals surface area contributed by atoms with Crippen molar-refractivity contribution in [3.63, 3.8) is 0 Å². The number of aromatic nitrogens is 2. The number of carbonyl (C=O) groups is 1. The lowest BCUT2D eigenvalue weighted by Gasteiger charge is -2.33. The highest BCUT2D eigenvalue weighted by atomic mass is 16.1. The largest absolute Gasteiger partial charge is 0.349 e. The number of hydrogen-bond acceptors (Lipinski definition) is 3. The second kappa shape index (κ2) is 7.62. The van der Waals surface area contributed by atoms with Gasteiger partial charge in [-0.05, 0) is 56.3 Å². The zero-order chi connectivity index (χ0) is 17.9. The summed E-state index contributed by atoms with van der Waals surface area (Å²) in [6.07, 6.45) is 9.04. The van der Waals surface area contributed by atoms with Gasteiger partial charge in [0, 0.05) is 25.4 Å². The Morgan fingerprint density at radius 3 is 2.81 bits per heavy atom. The first-order valence-electron chi connectivity index (χ1n) is 9.77. The molecule has 0 spiro atoms. The van der Waals surface area contributed by atoms with Crippen LogP contribution in [0.1, 0.15) is 48.7 Å². The summed E-state index contributed by atoms with van der Waals surface area (Å²) in [5, 5.41) is 3.34. The highest BCUT2D eigenvalue weighted by molar-refractivity contribution is 5.79. The molecule has 1 aromatic heterocycles. The number of hydrogen-bond donors (Lipinski definition) is 1. The van der Waals surface area contributed by atoms with Crippen LogP contribution in [-0.4, -0.2) is 33.4 Å². The van der Waals surface area contributed by atoms with E-state index >= 15 is 0 Å². The average molecular weight is 352 g/mol. The minimum atomic E-state index is 0.140. The molecule has 2 aliphatic rings. The number of amides is 1. The molecule has 0 radical (unpaired) electrons. The SMILES string of the molecule is Cn1ccnc1CN1CCC(C(=O)N[C@@H]2CCCc3ccccc32)CC1. The normalized spacial score (nSPS) is 21.3. The van der Waals surface area contributed by atoms with Crippen LogP contribution in [0.15, 0.2) is 36.7 Å². The lowest BCUT2D eigenvalue weighted by atomic mass is 9.87. The number of piperidine rings is 1. The molecule has 1 aromatic carbocycles. The molecule has 2 aromatic rings. The zero-order valence-electron chi connectivity index (χ0n) is 15.5. The first kappa shape index (κ1) is 17.3. The molecular weight excluding hydrogens is 324 g/mol. The van der Waals surface area contributed by atoms with E-state index in [0.717, 1.165) is 57.6 Å². The van der Waals surface area contributed by atoms with E-state index < -0.39 is 0 Å². The van der Waals surface area contributed by atoms with Gasteiger partial charge in [0.1, 0.15) is 5.82 Å². The minimum absolute atomic E-state index is 0.140. The van der Waals surface area contributed by atoms with Crippen molar-refractivity contribution >= 4 is 5.91 Å². The summed E-state index contributed by atoms with van der Waals surface area (Å²) in [5.41, 5.74) is 2.72. The summed E-state index contributed by atoms with van der Waals surface area (Å²) < 4.78 is 2.07. The number of nitrogens with zero attached hydrogens (tertiary/aromatic N) is 3. The van der Waals surface area contributed by atoms with Gasteiger partial charge in [-0.3, -0.25) is 9.69 Å². The third-order valence-electron chi connectivity index (χ3n) is 5.93. The van der Waals surface area contributed by atoms with E-state index in [-0.39, 0.29) is 17.9 Å². The van der Waals surface area contributed by atoms with Gasteiger partial charge in [-0.25, -0.2) is 4.98 Å². The number of aryl methyl sites for hydroxylation is 2.